The van der Waals surface area contributed by atoms with Gasteiger partial charge in [0.1, 0.15) is 11.8 Å². The van der Waals surface area contributed by atoms with E-state index in [-0.39, 0.29) is 40.7 Å². The lowest BCUT2D eigenvalue weighted by Gasteiger charge is -2.75. The summed E-state index contributed by atoms with van der Waals surface area (Å²) < 4.78 is 29.0. The molecular formula is C33H36N4O6S. The Morgan fingerprint density at radius 2 is 1.75 bits per heavy atom. The fourth-order valence-corrected chi connectivity index (χ4v) is 10.0. The second kappa shape index (κ2) is 10.8. The number of sulfonamides is 1. The first kappa shape index (κ1) is 30.0. The van der Waals surface area contributed by atoms with Crippen molar-refractivity contribution in [2.45, 2.75) is 52.1 Å². The fourth-order valence-electron chi connectivity index (χ4n) is 8.12. The van der Waals surface area contributed by atoms with Crippen molar-refractivity contribution in [2.75, 3.05) is 11.1 Å². The highest BCUT2D eigenvalue weighted by Gasteiger charge is 2.84. The molecule has 11 heteroatoms. The SMILES string of the molecule is CC12C[C@@H]3CC(=O)C(CS(=O)(=O)NC(Cc4ccc(-c5cccc(NC(=O)NCc6ccncc6)c5)cc4)C(=O)O)(C1)C32C. The molecule has 1 aromatic heterocycles. The molecule has 2 amide bonds. The second-order valence-corrected chi connectivity index (χ2v) is 14.7. The minimum Gasteiger partial charge on any atom is -0.480 e. The van der Waals surface area contributed by atoms with Gasteiger partial charge >= 0.3 is 12.0 Å². The summed E-state index contributed by atoms with van der Waals surface area (Å²) in [5.74, 6) is -1.43. The largest absolute Gasteiger partial charge is 0.480 e. The van der Waals surface area contributed by atoms with Crippen LogP contribution in [0, 0.1) is 22.2 Å². The van der Waals surface area contributed by atoms with Crippen molar-refractivity contribution < 1.29 is 27.9 Å². The van der Waals surface area contributed by atoms with Crippen LogP contribution in [0.25, 0.3) is 11.1 Å². The van der Waals surface area contributed by atoms with E-state index in [2.05, 4.69) is 27.3 Å². The molecule has 6 rings (SSSR count). The number of pyridine rings is 1. The summed E-state index contributed by atoms with van der Waals surface area (Å²) in [6.45, 7) is 4.52. The van der Waals surface area contributed by atoms with Crippen LogP contribution in [-0.4, -0.2) is 48.1 Å². The van der Waals surface area contributed by atoms with Gasteiger partial charge in [0.25, 0.3) is 0 Å². The third-order valence-electron chi connectivity index (χ3n) is 10.5. The zero-order valence-electron chi connectivity index (χ0n) is 24.7. The molecule has 2 aromatic carbocycles. The molecule has 0 saturated heterocycles. The van der Waals surface area contributed by atoms with E-state index in [1.54, 1.807) is 30.6 Å². The predicted molar refractivity (Wildman–Crippen MR) is 165 cm³/mol. The van der Waals surface area contributed by atoms with E-state index in [0.29, 0.717) is 30.6 Å². The van der Waals surface area contributed by atoms with Crippen molar-refractivity contribution in [3.8, 4) is 11.1 Å². The Hall–Kier alpha value is -4.09. The minimum absolute atomic E-state index is 0.00216. The molecule has 0 radical (unpaired) electrons. The van der Waals surface area contributed by atoms with Crippen LogP contribution in [0.15, 0.2) is 73.1 Å². The van der Waals surface area contributed by atoms with Gasteiger partial charge in [0.05, 0.1) is 11.2 Å². The number of nitrogens with zero attached hydrogens (tertiary/aromatic N) is 1. The molecule has 3 aromatic rings. The average Bonchev–Trinajstić information content (AvgIpc) is 3.05. The van der Waals surface area contributed by atoms with Crippen molar-refractivity contribution in [3.05, 3.63) is 84.2 Å². The van der Waals surface area contributed by atoms with Crippen LogP contribution >= 0.6 is 0 Å². The van der Waals surface area contributed by atoms with Gasteiger partial charge in [0.2, 0.25) is 10.0 Å². The van der Waals surface area contributed by atoms with Gasteiger partial charge in [0, 0.05) is 31.0 Å². The average molecular weight is 617 g/mol. The molecule has 4 N–H and O–H groups in total. The molecule has 0 spiro atoms. The molecule has 4 unspecified atom stereocenters. The Labute approximate surface area is 256 Å². The maximum absolute atomic E-state index is 13.3. The summed E-state index contributed by atoms with van der Waals surface area (Å²) in [5.41, 5.74) is 2.58. The van der Waals surface area contributed by atoms with E-state index in [4.69, 9.17) is 0 Å². The van der Waals surface area contributed by atoms with Crippen LogP contribution in [0.4, 0.5) is 10.5 Å². The fraction of sp³-hybridized carbons (Fsp3) is 0.394. The van der Waals surface area contributed by atoms with Gasteiger partial charge in [-0.2, -0.15) is 0 Å². The summed E-state index contributed by atoms with van der Waals surface area (Å²) in [7, 11) is -4.05. The Morgan fingerprint density at radius 1 is 1.02 bits per heavy atom. The van der Waals surface area contributed by atoms with Gasteiger partial charge in [-0.05, 0) is 82.5 Å². The van der Waals surface area contributed by atoms with Crippen molar-refractivity contribution in [1.82, 2.24) is 15.0 Å². The number of anilines is 1. The molecule has 3 fully saturated rings. The summed E-state index contributed by atoms with van der Waals surface area (Å²) in [6.07, 6.45) is 5.17. The Kier molecular flexibility index (Phi) is 7.36. The second-order valence-electron chi connectivity index (χ2n) is 13.0. The van der Waals surface area contributed by atoms with Gasteiger partial charge in [-0.3, -0.25) is 14.6 Å². The lowest BCUT2D eigenvalue weighted by molar-refractivity contribution is -0.264. The maximum Gasteiger partial charge on any atom is 0.322 e. The molecule has 230 valence electrons. The van der Waals surface area contributed by atoms with Crippen LogP contribution in [0.3, 0.4) is 0 Å². The third kappa shape index (κ3) is 5.07. The number of aromatic nitrogens is 1. The number of Topliss-reactive ketones (excluding diaryl/α,β-unsaturated/α-hetero) is 1. The van der Waals surface area contributed by atoms with Crippen LogP contribution in [0.2, 0.25) is 0 Å². The molecule has 10 nitrogen and oxygen atoms in total. The molecule has 1 heterocycles. The molecular weight excluding hydrogens is 580 g/mol. The number of nitrogens with one attached hydrogen (secondary N) is 3. The van der Waals surface area contributed by atoms with E-state index in [1.807, 2.05) is 49.4 Å². The molecule has 44 heavy (non-hydrogen) atoms. The summed E-state index contributed by atoms with van der Waals surface area (Å²) in [4.78, 5) is 41.5. The van der Waals surface area contributed by atoms with Gasteiger partial charge in [-0.1, -0.05) is 50.2 Å². The number of aliphatic carboxylic acids is 1. The first-order valence-electron chi connectivity index (χ1n) is 14.7. The standard InChI is InChI=1S/C33H36N4O6S/c1-31-17-25-16-28(38)33(19-31,32(25,31)2)20-44(42,43)37-27(29(39)40)14-21-6-8-23(9-7-21)24-4-3-5-26(15-24)36-30(41)35-18-22-10-12-34-13-11-22/h3-13,15,25,27,37H,14,16-20H2,1-2H3,(H,39,40)(H2,35,36,41)/t25-,27?,31?,32?,33?/m0/s1. The highest BCUT2D eigenvalue weighted by atomic mass is 32.2. The van der Waals surface area contributed by atoms with Crippen LogP contribution in [0.5, 0.6) is 0 Å². The van der Waals surface area contributed by atoms with E-state index < -0.39 is 27.4 Å². The highest BCUT2D eigenvalue weighted by Crippen LogP contribution is 2.85. The number of benzene rings is 2. The number of amides is 2. The normalized spacial score (nSPS) is 27.4. The predicted octanol–water partition coefficient (Wildman–Crippen LogP) is 4.38. The van der Waals surface area contributed by atoms with Gasteiger partial charge in [-0.25, -0.2) is 17.9 Å². The highest BCUT2D eigenvalue weighted by molar-refractivity contribution is 7.89. The van der Waals surface area contributed by atoms with Gasteiger partial charge in [0.15, 0.2) is 0 Å². The van der Waals surface area contributed by atoms with Crippen molar-refractivity contribution in [2.24, 2.45) is 22.2 Å². The number of ketones is 1. The monoisotopic (exact) mass is 616 g/mol. The van der Waals surface area contributed by atoms with Crippen LogP contribution in [0.1, 0.15) is 44.2 Å². The zero-order chi connectivity index (χ0) is 31.3. The Bertz CT molecular complexity index is 1730. The zero-order valence-corrected chi connectivity index (χ0v) is 25.5. The summed E-state index contributed by atoms with van der Waals surface area (Å²) in [5, 5.41) is 15.5. The van der Waals surface area contributed by atoms with E-state index >= 15 is 0 Å². The minimum atomic E-state index is -4.05. The number of urea groups is 1. The van der Waals surface area contributed by atoms with Crippen molar-refractivity contribution in [3.63, 3.8) is 0 Å². The number of rotatable bonds is 11. The van der Waals surface area contributed by atoms with Crippen LogP contribution in [-0.2, 0) is 32.6 Å². The first-order valence-corrected chi connectivity index (χ1v) is 16.4. The summed E-state index contributed by atoms with van der Waals surface area (Å²) >= 11 is 0. The summed E-state index contributed by atoms with van der Waals surface area (Å²) in [6, 6.07) is 16.4. The quantitative estimate of drug-likeness (QED) is 0.249. The number of carbonyl (C=O) groups is 3. The molecule has 0 aliphatic heterocycles. The Morgan fingerprint density at radius 3 is 2.43 bits per heavy atom. The Balaban J connectivity index is 1.08. The number of carbonyl (C=O) groups excluding carboxylic acids is 2. The lowest BCUT2D eigenvalue weighted by Crippen LogP contribution is -2.73. The smallest absolute Gasteiger partial charge is 0.322 e. The van der Waals surface area contributed by atoms with Gasteiger partial charge < -0.3 is 15.7 Å². The number of carboxylic acid groups (broad SMARTS) is 1. The number of hydrogen-bond acceptors (Lipinski definition) is 6. The van der Waals surface area contributed by atoms with E-state index in [9.17, 15) is 27.9 Å². The van der Waals surface area contributed by atoms with E-state index in [0.717, 1.165) is 23.1 Å². The number of carboxylic acids is 1. The van der Waals surface area contributed by atoms with Gasteiger partial charge in [-0.15, -0.1) is 0 Å². The third-order valence-corrected chi connectivity index (χ3v) is 12.0. The molecule has 0 bridgehead atoms. The lowest BCUT2D eigenvalue weighted by atomic mass is 9.28. The van der Waals surface area contributed by atoms with Crippen LogP contribution < -0.4 is 15.4 Å². The van der Waals surface area contributed by atoms with Crippen molar-refractivity contribution >= 4 is 33.5 Å². The molecule has 3 aliphatic rings. The number of hydrogen-bond donors (Lipinski definition) is 4. The molecule has 3 aliphatic carbocycles. The maximum atomic E-state index is 13.3. The topological polar surface area (TPSA) is 155 Å². The first-order chi connectivity index (χ1) is 20.8. The molecule has 3 saturated carbocycles. The van der Waals surface area contributed by atoms with E-state index in [1.165, 1.54) is 0 Å². The van der Waals surface area contributed by atoms with Crippen molar-refractivity contribution in [1.29, 1.82) is 0 Å². The molecule has 5 atom stereocenters.